The Morgan fingerprint density at radius 3 is 2.88 bits per heavy atom. The molecule has 3 N–H and O–H groups in total. The largest absolute Gasteiger partial charge is 0.392 e. The number of aliphatic hydroxyl groups is 1. The molecule has 1 aliphatic heterocycles. The average molecular weight is 277 g/mol. The molecular weight excluding hydrogens is 262 g/mol. The van der Waals surface area contributed by atoms with Crippen LogP contribution in [0.2, 0.25) is 0 Å². The second kappa shape index (κ2) is 5.38. The van der Waals surface area contributed by atoms with E-state index in [1.165, 1.54) is 6.20 Å². The van der Waals surface area contributed by atoms with Gasteiger partial charge in [0.25, 0.3) is 10.0 Å². The fraction of sp³-hybridized carbons (Fsp3) is 0.667. The fourth-order valence-electron chi connectivity index (χ4n) is 1.74. The summed E-state index contributed by atoms with van der Waals surface area (Å²) in [6, 6.07) is -0.0175. The number of H-pyrrole nitrogens is 1. The highest BCUT2D eigenvalue weighted by atomic mass is 32.2. The van der Waals surface area contributed by atoms with E-state index < -0.39 is 10.0 Å². The number of hydrogen-bond acceptors (Lipinski definition) is 5. The van der Waals surface area contributed by atoms with E-state index >= 15 is 0 Å². The molecule has 96 valence electrons. The van der Waals surface area contributed by atoms with Gasteiger partial charge in [0.15, 0.2) is 5.03 Å². The Kier molecular flexibility index (Phi) is 4.08. The number of nitrogens with one attached hydrogen (secondary N) is 2. The first-order valence-corrected chi connectivity index (χ1v) is 8.00. The Hall–Kier alpha value is -0.570. The summed E-state index contributed by atoms with van der Waals surface area (Å²) < 4.78 is 26.7. The zero-order valence-electron chi connectivity index (χ0n) is 9.22. The van der Waals surface area contributed by atoms with Crippen molar-refractivity contribution >= 4 is 21.8 Å². The van der Waals surface area contributed by atoms with Crippen LogP contribution in [0.1, 0.15) is 18.4 Å². The molecule has 0 radical (unpaired) electrons. The van der Waals surface area contributed by atoms with Crippen molar-refractivity contribution in [2.75, 3.05) is 11.5 Å². The lowest BCUT2D eigenvalue weighted by Gasteiger charge is -2.22. The third-order valence-corrected chi connectivity index (χ3v) is 5.24. The fourth-order valence-corrected chi connectivity index (χ4v) is 4.27. The van der Waals surface area contributed by atoms with Gasteiger partial charge in [0, 0.05) is 11.6 Å². The number of thioether (sulfide) groups is 1. The Bertz CT molecular complexity index is 466. The first kappa shape index (κ1) is 12.9. The second-order valence-electron chi connectivity index (χ2n) is 3.89. The van der Waals surface area contributed by atoms with E-state index in [-0.39, 0.29) is 17.7 Å². The monoisotopic (exact) mass is 277 g/mol. The summed E-state index contributed by atoms with van der Waals surface area (Å²) in [4.78, 5) is 0. The molecule has 0 amide bonds. The molecule has 0 aromatic carbocycles. The van der Waals surface area contributed by atoms with Gasteiger partial charge in [-0.1, -0.05) is 0 Å². The highest BCUT2D eigenvalue weighted by Crippen LogP contribution is 2.19. The molecule has 0 atom stereocenters. The molecule has 0 unspecified atom stereocenters. The van der Waals surface area contributed by atoms with E-state index in [0.717, 1.165) is 24.3 Å². The van der Waals surface area contributed by atoms with Crippen LogP contribution in [-0.2, 0) is 16.6 Å². The van der Waals surface area contributed by atoms with Crippen molar-refractivity contribution in [2.45, 2.75) is 30.5 Å². The number of aliphatic hydroxyl groups excluding tert-OH is 1. The second-order valence-corrected chi connectivity index (χ2v) is 6.77. The van der Waals surface area contributed by atoms with Gasteiger partial charge in [-0.2, -0.15) is 16.9 Å². The van der Waals surface area contributed by atoms with Crippen LogP contribution >= 0.6 is 11.8 Å². The standard InChI is InChI=1S/C9H15N3O3S2/c13-6-7-5-10-11-9(7)17(14,15)12-8-1-3-16-4-2-8/h5,8,12-13H,1-4,6H2,(H,10,11). The number of rotatable bonds is 4. The summed E-state index contributed by atoms with van der Waals surface area (Å²) in [5.41, 5.74) is 0.294. The lowest BCUT2D eigenvalue weighted by atomic mass is 10.2. The molecule has 8 heteroatoms. The lowest BCUT2D eigenvalue weighted by Crippen LogP contribution is -2.37. The summed E-state index contributed by atoms with van der Waals surface area (Å²) in [7, 11) is -3.60. The highest BCUT2D eigenvalue weighted by Gasteiger charge is 2.25. The van der Waals surface area contributed by atoms with Crippen LogP contribution in [0.25, 0.3) is 0 Å². The maximum absolute atomic E-state index is 12.0. The van der Waals surface area contributed by atoms with E-state index in [1.54, 1.807) is 0 Å². The summed E-state index contributed by atoms with van der Waals surface area (Å²) in [5.74, 6) is 1.95. The highest BCUT2D eigenvalue weighted by molar-refractivity contribution is 7.99. The number of sulfonamides is 1. The number of aromatic amines is 1. The van der Waals surface area contributed by atoms with Gasteiger partial charge in [-0.05, 0) is 24.3 Å². The van der Waals surface area contributed by atoms with Crippen molar-refractivity contribution in [1.82, 2.24) is 14.9 Å². The van der Waals surface area contributed by atoms with E-state index in [2.05, 4.69) is 14.9 Å². The molecule has 0 aliphatic carbocycles. The molecule has 0 bridgehead atoms. The Balaban J connectivity index is 2.13. The minimum absolute atomic E-state index is 0.0175. The van der Waals surface area contributed by atoms with Gasteiger partial charge in [0.2, 0.25) is 0 Å². The molecule has 1 aliphatic rings. The molecule has 2 rings (SSSR count). The SMILES string of the molecule is O=S(=O)(NC1CCSCC1)c1[nH]ncc1CO. The van der Waals surface area contributed by atoms with E-state index in [0.29, 0.717) is 5.56 Å². The van der Waals surface area contributed by atoms with E-state index in [1.807, 2.05) is 11.8 Å². The molecule has 1 saturated heterocycles. The summed E-state index contributed by atoms with van der Waals surface area (Å²) in [6.07, 6.45) is 3.00. The van der Waals surface area contributed by atoms with Crippen LogP contribution in [0.15, 0.2) is 11.2 Å². The smallest absolute Gasteiger partial charge is 0.258 e. The zero-order valence-corrected chi connectivity index (χ0v) is 10.9. The van der Waals surface area contributed by atoms with Crippen LogP contribution < -0.4 is 4.72 Å². The van der Waals surface area contributed by atoms with Gasteiger partial charge >= 0.3 is 0 Å². The molecule has 0 spiro atoms. The van der Waals surface area contributed by atoms with Gasteiger partial charge in [-0.25, -0.2) is 13.1 Å². The minimum Gasteiger partial charge on any atom is -0.392 e. The lowest BCUT2D eigenvalue weighted by molar-refractivity contribution is 0.278. The molecule has 0 saturated carbocycles. The van der Waals surface area contributed by atoms with Gasteiger partial charge in [-0.3, -0.25) is 5.10 Å². The summed E-state index contributed by atoms with van der Waals surface area (Å²) in [6.45, 7) is -0.340. The predicted molar refractivity (Wildman–Crippen MR) is 65.2 cm³/mol. The van der Waals surface area contributed by atoms with E-state index in [4.69, 9.17) is 5.11 Å². The van der Waals surface area contributed by atoms with Crippen molar-refractivity contribution in [2.24, 2.45) is 0 Å². The third-order valence-electron chi connectivity index (χ3n) is 2.66. The normalized spacial score (nSPS) is 18.4. The molecule has 2 heterocycles. The summed E-state index contributed by atoms with van der Waals surface area (Å²) >= 11 is 1.83. The van der Waals surface area contributed by atoms with Crippen LogP contribution in [0.5, 0.6) is 0 Å². The zero-order chi connectivity index (χ0) is 12.3. The first-order valence-electron chi connectivity index (χ1n) is 5.36. The van der Waals surface area contributed by atoms with Crippen molar-refractivity contribution in [3.63, 3.8) is 0 Å². The van der Waals surface area contributed by atoms with E-state index in [9.17, 15) is 8.42 Å². The molecule has 1 fully saturated rings. The topological polar surface area (TPSA) is 95.1 Å². The predicted octanol–water partition coefficient (Wildman–Crippen LogP) is 0.0759. The molecule has 1 aromatic heterocycles. The molecule has 1 aromatic rings. The summed E-state index contributed by atoms with van der Waals surface area (Å²) in [5, 5.41) is 15.1. The van der Waals surface area contributed by atoms with Crippen molar-refractivity contribution in [3.05, 3.63) is 11.8 Å². The quantitative estimate of drug-likeness (QED) is 0.724. The Morgan fingerprint density at radius 1 is 1.53 bits per heavy atom. The van der Waals surface area contributed by atoms with Crippen molar-refractivity contribution in [3.8, 4) is 0 Å². The van der Waals surface area contributed by atoms with Crippen LogP contribution in [-0.4, -0.2) is 41.3 Å². The van der Waals surface area contributed by atoms with Crippen LogP contribution in [0.4, 0.5) is 0 Å². The molecular formula is C9H15N3O3S2. The average Bonchev–Trinajstić information content (AvgIpc) is 2.78. The number of nitrogens with zero attached hydrogens (tertiary/aromatic N) is 1. The maximum Gasteiger partial charge on any atom is 0.258 e. The Labute approximate surface area is 104 Å². The maximum atomic E-state index is 12.0. The van der Waals surface area contributed by atoms with Crippen molar-refractivity contribution in [1.29, 1.82) is 0 Å². The number of hydrogen-bond donors (Lipinski definition) is 3. The third kappa shape index (κ3) is 3.01. The molecule has 17 heavy (non-hydrogen) atoms. The van der Waals surface area contributed by atoms with Crippen LogP contribution in [0, 0.1) is 0 Å². The molecule has 6 nitrogen and oxygen atoms in total. The van der Waals surface area contributed by atoms with Gasteiger partial charge in [-0.15, -0.1) is 0 Å². The minimum atomic E-state index is -3.60. The number of aromatic nitrogens is 2. The van der Waals surface area contributed by atoms with Gasteiger partial charge in [0.05, 0.1) is 12.8 Å². The Morgan fingerprint density at radius 2 is 2.24 bits per heavy atom. The van der Waals surface area contributed by atoms with Crippen LogP contribution in [0.3, 0.4) is 0 Å². The van der Waals surface area contributed by atoms with Crippen molar-refractivity contribution < 1.29 is 13.5 Å². The first-order chi connectivity index (χ1) is 8.13. The van der Waals surface area contributed by atoms with Gasteiger partial charge in [0.1, 0.15) is 0 Å². The van der Waals surface area contributed by atoms with Gasteiger partial charge < -0.3 is 5.11 Å².